The van der Waals surface area contributed by atoms with Gasteiger partial charge in [-0.25, -0.2) is 0 Å². The summed E-state index contributed by atoms with van der Waals surface area (Å²) in [6.45, 7) is 2.84. The van der Waals surface area contributed by atoms with Gasteiger partial charge in [-0.05, 0) is 30.0 Å². The van der Waals surface area contributed by atoms with E-state index in [-0.39, 0.29) is 0 Å². The summed E-state index contributed by atoms with van der Waals surface area (Å²) in [5.41, 5.74) is 3.14. The smallest absolute Gasteiger partial charge is 0.115 e. The number of benzene rings is 2. The molecule has 0 aromatic heterocycles. The van der Waals surface area contributed by atoms with Crippen LogP contribution < -0.4 is 0 Å². The van der Waals surface area contributed by atoms with Crippen LogP contribution >= 0.6 is 15.9 Å². The van der Waals surface area contributed by atoms with E-state index < -0.39 is 0 Å². The molecule has 0 atom stereocenters. The van der Waals surface area contributed by atoms with Crippen LogP contribution in [0.25, 0.3) is 0 Å². The van der Waals surface area contributed by atoms with Crippen molar-refractivity contribution in [2.75, 3.05) is 0 Å². The van der Waals surface area contributed by atoms with Crippen LogP contribution in [-0.4, -0.2) is 5.71 Å². The maximum absolute atomic E-state index is 4.72. The molecule has 0 spiro atoms. The number of aliphatic imine (C=N–C) groups is 1. The number of halogens is 1. The van der Waals surface area contributed by atoms with E-state index >= 15 is 0 Å². The van der Waals surface area contributed by atoms with Gasteiger partial charge in [0, 0.05) is 16.5 Å². The molecule has 2 aromatic rings. The van der Waals surface area contributed by atoms with Crippen LogP contribution in [0.1, 0.15) is 37.3 Å². The normalized spacial score (nSPS) is 10.9. The molecule has 0 radical (unpaired) electrons. The van der Waals surface area contributed by atoms with Crippen molar-refractivity contribution in [3.8, 4) is 11.8 Å². The summed E-state index contributed by atoms with van der Waals surface area (Å²) in [5.74, 6) is 6.49. The van der Waals surface area contributed by atoms with Gasteiger partial charge in [-0.3, -0.25) is 4.99 Å². The van der Waals surface area contributed by atoms with Gasteiger partial charge in [0.1, 0.15) is 5.71 Å². The molecule has 0 unspecified atom stereocenters. The standard InChI is InChI=1S/C20H20BrN/c1-2-3-4-8-11-20(18-12-14-19(21)15-13-18)22-16-17-9-6-5-7-10-17/h5-7,9-10,12-15H,2-4,16H2,1H3. The van der Waals surface area contributed by atoms with Gasteiger partial charge in [0.05, 0.1) is 6.54 Å². The highest BCUT2D eigenvalue weighted by molar-refractivity contribution is 9.10. The molecule has 0 aliphatic heterocycles. The molecule has 0 amide bonds. The minimum atomic E-state index is 0.661. The lowest BCUT2D eigenvalue weighted by Gasteiger charge is -2.02. The molecule has 0 bridgehead atoms. The molecular weight excluding hydrogens is 334 g/mol. The third-order valence-electron chi connectivity index (χ3n) is 3.24. The second-order valence-electron chi connectivity index (χ2n) is 5.06. The van der Waals surface area contributed by atoms with Crippen LogP contribution in [0.2, 0.25) is 0 Å². The van der Waals surface area contributed by atoms with E-state index in [0.717, 1.165) is 28.6 Å². The quantitative estimate of drug-likeness (QED) is 0.375. The maximum Gasteiger partial charge on any atom is 0.115 e. The molecule has 0 aliphatic rings. The summed E-state index contributed by atoms with van der Waals surface area (Å²) in [7, 11) is 0. The van der Waals surface area contributed by atoms with Crippen molar-refractivity contribution < 1.29 is 0 Å². The van der Waals surface area contributed by atoms with E-state index in [9.17, 15) is 0 Å². The van der Waals surface area contributed by atoms with E-state index in [4.69, 9.17) is 4.99 Å². The van der Waals surface area contributed by atoms with Crippen LogP contribution in [0.3, 0.4) is 0 Å². The van der Waals surface area contributed by atoms with Gasteiger partial charge in [0.15, 0.2) is 0 Å². The van der Waals surface area contributed by atoms with Gasteiger partial charge in [-0.1, -0.05) is 77.7 Å². The van der Waals surface area contributed by atoms with E-state index in [0.29, 0.717) is 6.54 Å². The highest BCUT2D eigenvalue weighted by Gasteiger charge is 2.00. The number of nitrogens with zero attached hydrogens (tertiary/aromatic N) is 1. The summed E-state index contributed by atoms with van der Waals surface area (Å²) in [6, 6.07) is 18.5. The van der Waals surface area contributed by atoms with Crippen molar-refractivity contribution in [2.24, 2.45) is 4.99 Å². The van der Waals surface area contributed by atoms with Gasteiger partial charge >= 0.3 is 0 Å². The minimum Gasteiger partial charge on any atom is -0.271 e. The van der Waals surface area contributed by atoms with Crippen molar-refractivity contribution in [2.45, 2.75) is 32.7 Å². The van der Waals surface area contributed by atoms with Gasteiger partial charge in [0.25, 0.3) is 0 Å². The second kappa shape index (κ2) is 9.23. The van der Waals surface area contributed by atoms with E-state index in [1.165, 1.54) is 12.0 Å². The van der Waals surface area contributed by atoms with Crippen LogP contribution in [-0.2, 0) is 6.54 Å². The number of rotatable bonds is 5. The number of hydrogen-bond acceptors (Lipinski definition) is 1. The zero-order chi connectivity index (χ0) is 15.6. The molecule has 2 rings (SSSR count). The SMILES string of the molecule is CCCCC#CC(=NCc1ccccc1)c1ccc(Br)cc1. The van der Waals surface area contributed by atoms with Gasteiger partial charge < -0.3 is 0 Å². The average Bonchev–Trinajstić information content (AvgIpc) is 2.56. The Morgan fingerprint density at radius 1 is 1.05 bits per heavy atom. The first kappa shape index (κ1) is 16.5. The molecule has 0 aliphatic carbocycles. The maximum atomic E-state index is 4.72. The topological polar surface area (TPSA) is 12.4 Å². The largest absolute Gasteiger partial charge is 0.271 e. The van der Waals surface area contributed by atoms with E-state index in [1.807, 2.05) is 30.3 Å². The molecule has 112 valence electrons. The molecule has 0 N–H and O–H groups in total. The molecule has 2 aromatic carbocycles. The lowest BCUT2D eigenvalue weighted by atomic mass is 10.1. The zero-order valence-corrected chi connectivity index (χ0v) is 14.4. The van der Waals surface area contributed by atoms with Gasteiger partial charge in [0.2, 0.25) is 0 Å². The molecule has 2 heteroatoms. The third kappa shape index (κ3) is 5.50. The van der Waals surface area contributed by atoms with Crippen LogP contribution in [0.5, 0.6) is 0 Å². The van der Waals surface area contributed by atoms with Crippen molar-refractivity contribution >= 4 is 21.6 Å². The van der Waals surface area contributed by atoms with Gasteiger partial charge in [-0.15, -0.1) is 0 Å². The molecule has 0 saturated carbocycles. The van der Waals surface area contributed by atoms with Crippen LogP contribution in [0.15, 0.2) is 64.1 Å². The Balaban J connectivity index is 2.20. The van der Waals surface area contributed by atoms with E-state index in [1.54, 1.807) is 0 Å². The fraction of sp³-hybridized carbons (Fsp3) is 0.250. The summed E-state index contributed by atoms with van der Waals surface area (Å²) in [4.78, 5) is 4.72. The molecular formula is C20H20BrN. The Labute approximate surface area is 141 Å². The molecule has 22 heavy (non-hydrogen) atoms. The van der Waals surface area contributed by atoms with Crippen LogP contribution in [0.4, 0.5) is 0 Å². The third-order valence-corrected chi connectivity index (χ3v) is 3.77. The lowest BCUT2D eigenvalue weighted by molar-refractivity contribution is 0.828. The summed E-state index contributed by atoms with van der Waals surface area (Å²) in [6.07, 6.45) is 3.24. The number of hydrogen-bond donors (Lipinski definition) is 0. The Kier molecular flexibility index (Phi) is 6.93. The molecule has 0 saturated heterocycles. The minimum absolute atomic E-state index is 0.661. The van der Waals surface area contributed by atoms with E-state index in [2.05, 4.69) is 59.0 Å². The average molecular weight is 354 g/mol. The first-order chi connectivity index (χ1) is 10.8. The first-order valence-electron chi connectivity index (χ1n) is 7.63. The Bertz CT molecular complexity index is 660. The number of unbranched alkanes of at least 4 members (excludes halogenated alkanes) is 2. The Hall–Kier alpha value is -1.85. The Morgan fingerprint density at radius 3 is 2.45 bits per heavy atom. The van der Waals surface area contributed by atoms with Crippen molar-refractivity contribution in [3.63, 3.8) is 0 Å². The second-order valence-corrected chi connectivity index (χ2v) is 5.98. The predicted octanol–water partition coefficient (Wildman–Crippen LogP) is 5.63. The summed E-state index contributed by atoms with van der Waals surface area (Å²) < 4.78 is 1.07. The molecule has 0 fully saturated rings. The van der Waals surface area contributed by atoms with Crippen molar-refractivity contribution in [1.29, 1.82) is 0 Å². The Morgan fingerprint density at radius 2 is 1.77 bits per heavy atom. The fourth-order valence-corrected chi connectivity index (χ4v) is 2.24. The highest BCUT2D eigenvalue weighted by Crippen LogP contribution is 2.12. The molecule has 0 heterocycles. The zero-order valence-electron chi connectivity index (χ0n) is 12.8. The lowest BCUT2D eigenvalue weighted by Crippen LogP contribution is -1.98. The monoisotopic (exact) mass is 353 g/mol. The van der Waals surface area contributed by atoms with Gasteiger partial charge in [-0.2, -0.15) is 0 Å². The molecule has 1 nitrogen and oxygen atoms in total. The van der Waals surface area contributed by atoms with Crippen LogP contribution in [0, 0.1) is 11.8 Å². The highest BCUT2D eigenvalue weighted by atomic mass is 79.9. The predicted molar refractivity (Wildman–Crippen MR) is 98.1 cm³/mol. The van der Waals surface area contributed by atoms with Crippen molar-refractivity contribution in [1.82, 2.24) is 0 Å². The summed E-state index contributed by atoms with van der Waals surface area (Å²) >= 11 is 3.47. The first-order valence-corrected chi connectivity index (χ1v) is 8.42. The fourth-order valence-electron chi connectivity index (χ4n) is 1.98. The van der Waals surface area contributed by atoms with Crippen molar-refractivity contribution in [3.05, 3.63) is 70.2 Å². The summed E-state index contributed by atoms with van der Waals surface area (Å²) in [5, 5.41) is 0.